The molecule has 3 heterocycles. The third-order valence-electron chi connectivity index (χ3n) is 4.13. The molecule has 0 saturated carbocycles. The van der Waals surface area contributed by atoms with Crippen LogP contribution in [0.2, 0.25) is 0 Å². The molecular formula is C22H22N4O2S. The van der Waals surface area contributed by atoms with Crippen molar-refractivity contribution in [3.05, 3.63) is 53.7 Å². The predicted octanol–water partition coefficient (Wildman–Crippen LogP) is 3.66. The maximum Gasteiger partial charge on any atom is 0.263 e. The Labute approximate surface area is 173 Å². The van der Waals surface area contributed by atoms with E-state index in [1.807, 2.05) is 36.4 Å². The quantitative estimate of drug-likeness (QED) is 0.322. The number of thiophene rings is 1. The summed E-state index contributed by atoms with van der Waals surface area (Å²) in [4.78, 5) is 22.4. The van der Waals surface area contributed by atoms with Crippen LogP contribution in [0, 0.1) is 12.3 Å². The normalized spacial score (nSPS) is 11.0. The molecule has 7 heteroatoms. The minimum absolute atomic E-state index is 0.215. The van der Waals surface area contributed by atoms with Crippen LogP contribution < -0.4 is 11.1 Å². The highest BCUT2D eigenvalue weighted by Gasteiger charge is 2.17. The number of unbranched alkanes of at least 4 members (excludes halogenated alkanes) is 1. The number of pyridine rings is 2. The van der Waals surface area contributed by atoms with E-state index in [1.165, 1.54) is 11.3 Å². The molecule has 6 nitrogen and oxygen atoms in total. The van der Waals surface area contributed by atoms with E-state index in [0.717, 1.165) is 34.3 Å². The zero-order chi connectivity index (χ0) is 20.5. The van der Waals surface area contributed by atoms with Gasteiger partial charge in [0.2, 0.25) is 0 Å². The number of ether oxygens (including phenoxy) is 1. The molecule has 3 rings (SSSR count). The van der Waals surface area contributed by atoms with Gasteiger partial charge in [0.25, 0.3) is 5.91 Å². The maximum absolute atomic E-state index is 12.5. The second-order valence-corrected chi connectivity index (χ2v) is 7.20. The molecule has 0 fully saturated rings. The van der Waals surface area contributed by atoms with Gasteiger partial charge in [-0.15, -0.1) is 23.7 Å². The Bertz CT molecular complexity index is 1040. The van der Waals surface area contributed by atoms with Crippen LogP contribution in [0.25, 0.3) is 21.5 Å². The Hall–Kier alpha value is -3.21. The smallest absolute Gasteiger partial charge is 0.263 e. The number of terminal acetylenes is 1. The molecule has 0 atom stereocenters. The van der Waals surface area contributed by atoms with Gasteiger partial charge in [-0.1, -0.05) is 12.2 Å². The van der Waals surface area contributed by atoms with Crippen LogP contribution in [-0.4, -0.2) is 35.6 Å². The van der Waals surface area contributed by atoms with Crippen LogP contribution in [-0.2, 0) is 4.74 Å². The first kappa shape index (κ1) is 20.5. The standard InChI is InChI=1S/C22H22N4O2S/c1-2-3-5-13-28-14-6-4-12-25-21(27)20-19(23)17-9-10-18(26-22(17)29-20)16-8-7-11-24-15-16/h1,4,6-11,15H,3,5,12-14,23H2,(H,25,27)/b6-4-. The SMILES string of the molecule is C#CCCCOC/C=C\CNC(=O)c1sc2nc(-c3cccnc3)ccc2c1N. The molecule has 148 valence electrons. The summed E-state index contributed by atoms with van der Waals surface area (Å²) in [5, 5.41) is 3.62. The molecule has 0 unspecified atom stereocenters. The molecule has 0 saturated heterocycles. The summed E-state index contributed by atoms with van der Waals surface area (Å²) in [6, 6.07) is 7.58. The monoisotopic (exact) mass is 406 g/mol. The summed E-state index contributed by atoms with van der Waals surface area (Å²) in [7, 11) is 0. The van der Waals surface area contributed by atoms with Gasteiger partial charge in [0.1, 0.15) is 9.71 Å². The summed E-state index contributed by atoms with van der Waals surface area (Å²) in [5.41, 5.74) is 8.35. The summed E-state index contributed by atoms with van der Waals surface area (Å²) in [5.74, 6) is 2.36. The number of amides is 1. The van der Waals surface area contributed by atoms with E-state index in [2.05, 4.69) is 21.2 Å². The molecule has 3 aromatic heterocycles. The predicted molar refractivity (Wildman–Crippen MR) is 118 cm³/mol. The van der Waals surface area contributed by atoms with Crippen LogP contribution >= 0.6 is 11.3 Å². The Morgan fingerprint density at radius 3 is 3.03 bits per heavy atom. The lowest BCUT2D eigenvalue weighted by Gasteiger charge is -2.01. The van der Waals surface area contributed by atoms with E-state index in [-0.39, 0.29) is 5.91 Å². The maximum atomic E-state index is 12.5. The number of hydrogen-bond donors (Lipinski definition) is 2. The number of carbonyl (C=O) groups excluding carboxylic acids is 1. The minimum atomic E-state index is -0.215. The van der Waals surface area contributed by atoms with Crippen molar-refractivity contribution in [2.24, 2.45) is 0 Å². The second-order valence-electron chi connectivity index (χ2n) is 6.20. The van der Waals surface area contributed by atoms with Gasteiger partial charge in [-0.2, -0.15) is 0 Å². The largest absolute Gasteiger partial charge is 0.397 e. The molecule has 29 heavy (non-hydrogen) atoms. The van der Waals surface area contributed by atoms with Gasteiger partial charge in [0.05, 0.1) is 18.0 Å². The Morgan fingerprint density at radius 1 is 1.34 bits per heavy atom. The number of carbonyl (C=O) groups is 1. The highest BCUT2D eigenvalue weighted by atomic mass is 32.1. The minimum Gasteiger partial charge on any atom is -0.397 e. The van der Waals surface area contributed by atoms with E-state index in [0.29, 0.717) is 30.3 Å². The van der Waals surface area contributed by atoms with Crippen LogP contribution in [0.3, 0.4) is 0 Å². The van der Waals surface area contributed by atoms with E-state index in [1.54, 1.807) is 12.4 Å². The van der Waals surface area contributed by atoms with E-state index >= 15 is 0 Å². The molecular weight excluding hydrogens is 384 g/mol. The van der Waals surface area contributed by atoms with Gasteiger partial charge >= 0.3 is 0 Å². The summed E-state index contributed by atoms with van der Waals surface area (Å²) in [6.45, 7) is 1.52. The Morgan fingerprint density at radius 2 is 2.24 bits per heavy atom. The molecule has 0 aliphatic heterocycles. The lowest BCUT2D eigenvalue weighted by Crippen LogP contribution is -2.23. The average molecular weight is 407 g/mol. The summed E-state index contributed by atoms with van der Waals surface area (Å²) < 4.78 is 5.41. The van der Waals surface area contributed by atoms with Crippen LogP contribution in [0.1, 0.15) is 22.5 Å². The molecule has 3 aromatic rings. The lowest BCUT2D eigenvalue weighted by atomic mass is 10.1. The fraction of sp³-hybridized carbons (Fsp3) is 0.227. The first-order valence-electron chi connectivity index (χ1n) is 9.24. The fourth-order valence-electron chi connectivity index (χ4n) is 2.65. The number of nitrogens with one attached hydrogen (secondary N) is 1. The van der Waals surface area contributed by atoms with E-state index < -0.39 is 0 Å². The van der Waals surface area contributed by atoms with Crippen molar-refractivity contribution in [3.8, 4) is 23.6 Å². The third-order valence-corrected chi connectivity index (χ3v) is 5.24. The van der Waals surface area contributed by atoms with Gasteiger partial charge in [-0.05, 0) is 30.7 Å². The average Bonchev–Trinajstić information content (AvgIpc) is 3.09. The molecule has 0 bridgehead atoms. The molecule has 0 aliphatic rings. The number of nitrogens with zero attached hydrogens (tertiary/aromatic N) is 2. The van der Waals surface area contributed by atoms with Crippen molar-refractivity contribution in [2.45, 2.75) is 12.8 Å². The number of fused-ring (bicyclic) bond motifs is 1. The summed E-state index contributed by atoms with van der Waals surface area (Å²) >= 11 is 1.29. The first-order valence-corrected chi connectivity index (χ1v) is 10.1. The molecule has 0 spiro atoms. The number of rotatable bonds is 9. The lowest BCUT2D eigenvalue weighted by molar-refractivity contribution is 0.0962. The zero-order valence-electron chi connectivity index (χ0n) is 15.9. The van der Waals surface area contributed by atoms with Gasteiger partial charge in [0.15, 0.2) is 0 Å². The van der Waals surface area contributed by atoms with Crippen molar-refractivity contribution in [1.29, 1.82) is 0 Å². The number of nitrogens with two attached hydrogens (primary N) is 1. The van der Waals surface area contributed by atoms with Crippen molar-refractivity contribution in [2.75, 3.05) is 25.5 Å². The molecule has 0 aliphatic carbocycles. The fourth-order valence-corrected chi connectivity index (χ4v) is 3.66. The Kier molecular flexibility index (Phi) is 7.34. The van der Waals surface area contributed by atoms with Gasteiger partial charge in [-0.25, -0.2) is 4.98 Å². The van der Waals surface area contributed by atoms with Gasteiger partial charge in [0, 0.05) is 42.9 Å². The topological polar surface area (TPSA) is 90.1 Å². The van der Waals surface area contributed by atoms with Crippen molar-refractivity contribution >= 4 is 33.1 Å². The van der Waals surface area contributed by atoms with E-state index in [9.17, 15) is 4.79 Å². The molecule has 0 aromatic carbocycles. The van der Waals surface area contributed by atoms with Crippen LogP contribution in [0.4, 0.5) is 5.69 Å². The third kappa shape index (κ3) is 5.41. The highest BCUT2D eigenvalue weighted by Crippen LogP contribution is 2.33. The van der Waals surface area contributed by atoms with Crippen molar-refractivity contribution in [3.63, 3.8) is 0 Å². The number of nitrogen functional groups attached to an aromatic ring is 1. The van der Waals surface area contributed by atoms with Gasteiger partial charge in [-0.3, -0.25) is 9.78 Å². The van der Waals surface area contributed by atoms with Gasteiger partial charge < -0.3 is 15.8 Å². The van der Waals surface area contributed by atoms with Crippen LogP contribution in [0.15, 0.2) is 48.8 Å². The molecule has 1 amide bonds. The number of aromatic nitrogens is 2. The zero-order valence-corrected chi connectivity index (χ0v) is 16.7. The number of hydrogen-bond acceptors (Lipinski definition) is 6. The van der Waals surface area contributed by atoms with Crippen LogP contribution in [0.5, 0.6) is 0 Å². The molecule has 3 N–H and O–H groups in total. The van der Waals surface area contributed by atoms with Crippen molar-refractivity contribution < 1.29 is 9.53 Å². The summed E-state index contributed by atoms with van der Waals surface area (Å²) in [6.07, 6.45) is 13.9. The van der Waals surface area contributed by atoms with Crippen molar-refractivity contribution in [1.82, 2.24) is 15.3 Å². The number of anilines is 1. The van der Waals surface area contributed by atoms with E-state index in [4.69, 9.17) is 16.9 Å². The molecule has 0 radical (unpaired) electrons. The highest BCUT2D eigenvalue weighted by molar-refractivity contribution is 7.21. The second kappa shape index (κ2) is 10.4. The first-order chi connectivity index (χ1) is 14.2. The Balaban J connectivity index is 1.59.